The normalized spacial score (nSPS) is 18.8. The summed E-state index contributed by atoms with van der Waals surface area (Å²) in [5.41, 5.74) is 13.9. The van der Waals surface area contributed by atoms with Gasteiger partial charge in [-0.3, -0.25) is 25.5 Å². The number of nitrogen functional groups attached to an aromatic ring is 1. The van der Waals surface area contributed by atoms with Gasteiger partial charge in [0.15, 0.2) is 5.89 Å². The van der Waals surface area contributed by atoms with Gasteiger partial charge >= 0.3 is 0 Å². The number of anilines is 3. The number of alkyl halides is 2. The molecule has 17 rings (SSSR count). The molecule has 2 saturated carbocycles. The van der Waals surface area contributed by atoms with Crippen molar-refractivity contribution in [1.82, 2.24) is 65.8 Å². The van der Waals surface area contributed by atoms with Crippen molar-refractivity contribution in [2.24, 2.45) is 5.41 Å². The summed E-state index contributed by atoms with van der Waals surface area (Å²) in [5.74, 6) is -0.129. The van der Waals surface area contributed by atoms with Gasteiger partial charge in [-0.1, -0.05) is 71.9 Å². The van der Waals surface area contributed by atoms with Crippen molar-refractivity contribution in [3.05, 3.63) is 164 Å². The van der Waals surface area contributed by atoms with E-state index in [2.05, 4.69) is 90.8 Å². The molecule has 0 unspecified atom stereocenters. The highest BCUT2D eigenvalue weighted by molar-refractivity contribution is 6.33. The number of oxazole rings is 1. The van der Waals surface area contributed by atoms with Crippen LogP contribution in [0.5, 0.6) is 0 Å². The van der Waals surface area contributed by atoms with E-state index in [4.69, 9.17) is 72.9 Å². The number of hydrogen-bond acceptors (Lipinski definition) is 14. The maximum atomic E-state index is 13.2. The fourth-order valence-electron chi connectivity index (χ4n) is 14.4. The summed E-state index contributed by atoms with van der Waals surface area (Å²) in [6.45, 7) is 10.0. The molecule has 3 saturated heterocycles. The summed E-state index contributed by atoms with van der Waals surface area (Å²) in [4.78, 5) is 9.00. The van der Waals surface area contributed by atoms with E-state index in [9.17, 15) is 19.0 Å². The zero-order valence-electron chi connectivity index (χ0n) is 53.8. The number of aliphatic hydroxyl groups is 2. The number of aromatic nitrogens is 13. The molecule has 27 heteroatoms. The van der Waals surface area contributed by atoms with Crippen LogP contribution in [0.2, 0.25) is 25.1 Å². The quantitative estimate of drug-likeness (QED) is 0.0738. The van der Waals surface area contributed by atoms with Crippen molar-refractivity contribution in [2.75, 3.05) is 54.9 Å². The Kier molecular flexibility index (Phi) is 20.1. The average Bonchev–Trinajstić information content (AvgIpc) is 1.75. The number of fused-ring (bicyclic) bond motifs is 5. The van der Waals surface area contributed by atoms with Crippen LogP contribution in [-0.4, -0.2) is 121 Å². The van der Waals surface area contributed by atoms with E-state index in [-0.39, 0.29) is 25.7 Å². The van der Waals surface area contributed by atoms with E-state index in [0.717, 1.165) is 191 Å². The second kappa shape index (κ2) is 28.7. The lowest BCUT2D eigenvalue weighted by atomic mass is 9.68. The van der Waals surface area contributed by atoms with Crippen LogP contribution in [0.25, 0.3) is 54.5 Å². The topological polar surface area (TPSA) is 269 Å². The van der Waals surface area contributed by atoms with Gasteiger partial charge in [0.1, 0.15) is 12.1 Å². The van der Waals surface area contributed by atoms with Crippen LogP contribution >= 0.6 is 58.0 Å². The van der Waals surface area contributed by atoms with Gasteiger partial charge in [-0.05, 0) is 172 Å². The first-order chi connectivity index (χ1) is 46.7. The number of piperidine rings is 2. The number of benzene rings is 5. The summed E-state index contributed by atoms with van der Waals surface area (Å²) in [5, 5.41) is 69.5. The fraction of sp³-hybridized carbons (Fsp3) is 0.414. The van der Waals surface area contributed by atoms with E-state index in [1.165, 1.54) is 10.9 Å². The first kappa shape index (κ1) is 68.0. The van der Waals surface area contributed by atoms with Gasteiger partial charge in [0, 0.05) is 122 Å². The molecule has 5 aromatic carbocycles. The van der Waals surface area contributed by atoms with Gasteiger partial charge < -0.3 is 34.9 Å². The first-order valence-corrected chi connectivity index (χ1v) is 34.8. The van der Waals surface area contributed by atoms with Gasteiger partial charge in [-0.15, -0.1) is 0 Å². The third-order valence-corrected chi connectivity index (χ3v) is 21.1. The molecule has 0 radical (unpaired) electrons. The monoisotopic (exact) mass is 1420 g/mol. The molecule has 10 heterocycles. The average molecular weight is 1420 g/mol. The van der Waals surface area contributed by atoms with Crippen molar-refractivity contribution in [3.8, 4) is 0 Å². The number of H-pyrrole nitrogens is 5. The van der Waals surface area contributed by atoms with Crippen LogP contribution in [-0.2, 0) is 15.9 Å². The predicted octanol–water partition coefficient (Wildman–Crippen LogP) is 17.2. The maximum absolute atomic E-state index is 13.2. The highest BCUT2D eigenvalue weighted by Crippen LogP contribution is 2.49. The molecule has 0 bridgehead atoms. The van der Waals surface area contributed by atoms with Crippen molar-refractivity contribution in [1.29, 1.82) is 0 Å². The number of nitrogens with zero attached hydrogens (tertiary/aromatic N) is 10. The predicted molar refractivity (Wildman–Crippen MR) is 380 cm³/mol. The fourth-order valence-corrected chi connectivity index (χ4v) is 15.5. The Morgan fingerprint density at radius 3 is 1.39 bits per heavy atom. The number of ether oxygens (including phenoxy) is 1. The number of nitrogens with one attached hydrogen (secondary N) is 5. The van der Waals surface area contributed by atoms with Crippen molar-refractivity contribution < 1.29 is 28.1 Å². The number of rotatable bonds is 7. The van der Waals surface area contributed by atoms with Gasteiger partial charge in [0.05, 0.1) is 88.2 Å². The summed E-state index contributed by atoms with van der Waals surface area (Å²) in [6.07, 6.45) is 23.4. The van der Waals surface area contributed by atoms with Gasteiger partial charge in [-0.25, -0.2) is 18.4 Å². The Balaban J connectivity index is 0.000000110. The molecule has 0 amide bonds. The minimum atomic E-state index is -2.68. The lowest BCUT2D eigenvalue weighted by Crippen LogP contribution is -2.36. The number of hydrogen-bond donors (Lipinski definition) is 8. The van der Waals surface area contributed by atoms with Crippen molar-refractivity contribution >= 4 is 130 Å². The summed E-state index contributed by atoms with van der Waals surface area (Å²) < 4.78 is 39.2. The molecule has 20 nitrogen and oxygen atoms in total. The Labute approximate surface area is 583 Å². The molecule has 12 aromatic rings. The minimum absolute atomic E-state index is 0.0284. The molecule has 510 valence electrons. The molecule has 9 N–H and O–H groups in total. The van der Waals surface area contributed by atoms with Gasteiger partial charge in [0.2, 0.25) is 5.92 Å². The van der Waals surface area contributed by atoms with Crippen LogP contribution < -0.4 is 15.5 Å². The van der Waals surface area contributed by atoms with E-state index in [0.29, 0.717) is 44.4 Å². The van der Waals surface area contributed by atoms with Crippen LogP contribution in [0.4, 0.5) is 26.0 Å². The molecular weight excluding hydrogens is 1340 g/mol. The highest BCUT2D eigenvalue weighted by Gasteiger charge is 2.44. The maximum Gasteiger partial charge on any atom is 0.248 e. The number of halogens is 7. The summed E-state index contributed by atoms with van der Waals surface area (Å²) in [6, 6.07) is 21.1. The van der Waals surface area contributed by atoms with Crippen LogP contribution in [0.1, 0.15) is 144 Å². The second-order valence-corrected chi connectivity index (χ2v) is 29.1. The standard InChI is InChI=1S/C15H17ClN6.C15H15ClN4O.C15H19ClN2O.C13H13ClF2N2O.C12H13ClN2O/c16-10-7-13-12(9-18-20-13)14(8-10)21-5-2-11(3-6-21)22-15(17)1-4-19-22;16-11-7-13-12(9-18-19-13)14(8-11)20-4-1-10(2-5-20)15-17-3-6-21-15;1-14(2)3-5-15(19,6-4-14)12-7-10(16)8-13-11(12)9-17-18-13;14-8-5-10(9-7-17-18-11(9)6-8)12(19)1-3-13(15,16)4-2-12;13-9-5-10(8-1-3-16-4-2-8)11-7-14-15-12(11)6-9/h1,4,7-9,11H,2-3,5-6,17H2,(H,18,20);3,6-10H,1-2,4-5H2,(H,18,19);7-9,19H,3-6H2,1-2H3,(H,17,18);5-7,19H,1-4H2,(H,17,18);5-8H,1-4H2,(H,14,15). The third-order valence-electron chi connectivity index (χ3n) is 20.0. The lowest BCUT2D eigenvalue weighted by molar-refractivity contribution is -0.106. The molecule has 0 spiro atoms. The molecule has 7 aromatic heterocycles. The third kappa shape index (κ3) is 15.4. The van der Waals surface area contributed by atoms with Crippen molar-refractivity contribution in [3.63, 3.8) is 0 Å². The molecule has 2 aliphatic carbocycles. The molecular formula is C70H77Cl5F2N16O4. The zero-order valence-corrected chi connectivity index (χ0v) is 57.5. The smallest absolute Gasteiger partial charge is 0.248 e. The molecule has 0 atom stereocenters. The highest BCUT2D eigenvalue weighted by atomic mass is 35.5. The van der Waals surface area contributed by atoms with Crippen LogP contribution in [0.3, 0.4) is 0 Å². The largest absolute Gasteiger partial charge is 0.449 e. The minimum Gasteiger partial charge on any atom is -0.449 e. The van der Waals surface area contributed by atoms with E-state index in [1.807, 2.05) is 71.8 Å². The lowest BCUT2D eigenvalue weighted by Gasteiger charge is -2.40. The molecule has 3 aliphatic heterocycles. The zero-order chi connectivity index (χ0) is 67.6. The Morgan fingerprint density at radius 1 is 0.505 bits per heavy atom. The van der Waals surface area contributed by atoms with E-state index in [1.54, 1.807) is 43.2 Å². The number of aromatic amines is 5. The Hall–Kier alpha value is -7.54. The van der Waals surface area contributed by atoms with E-state index >= 15 is 0 Å². The molecule has 5 fully saturated rings. The summed E-state index contributed by atoms with van der Waals surface area (Å²) >= 11 is 30.7. The van der Waals surface area contributed by atoms with E-state index < -0.39 is 17.1 Å². The summed E-state index contributed by atoms with van der Waals surface area (Å²) in [7, 11) is 0. The number of nitrogens with two attached hydrogens (primary N) is 1. The van der Waals surface area contributed by atoms with Crippen LogP contribution in [0.15, 0.2) is 121 Å². The van der Waals surface area contributed by atoms with Gasteiger partial charge in [0.25, 0.3) is 0 Å². The first-order valence-electron chi connectivity index (χ1n) is 32.9. The molecule has 97 heavy (non-hydrogen) atoms. The van der Waals surface area contributed by atoms with Crippen LogP contribution in [0, 0.1) is 5.41 Å². The van der Waals surface area contributed by atoms with Crippen molar-refractivity contribution in [2.45, 2.75) is 139 Å². The molecule has 5 aliphatic rings. The second-order valence-electron chi connectivity index (χ2n) is 26.9. The Morgan fingerprint density at radius 2 is 0.928 bits per heavy atom. The SMILES string of the molecule is CC1(C)CCC(O)(c2cc(Cl)cc3[nH]ncc23)CC1.Clc1cc(C2CCOCC2)c2cn[nH]c2c1.Clc1cc(N2CCC(c3ncco3)CC2)c2cn[nH]c2c1.Nc1ccnn1C1CCN(c2cc(Cl)cc3[nH]ncc23)CC1.OC1(c2cc(Cl)cc3[nH]ncc23)CCC(F)(F)CC1. The van der Waals surface area contributed by atoms with Gasteiger partial charge in [-0.2, -0.15) is 30.6 Å². The Bertz CT molecular complexity index is 4510.